The highest BCUT2D eigenvalue weighted by Gasteiger charge is 2.27. The molecule has 11 heavy (non-hydrogen) atoms. The molecule has 1 saturated heterocycles. The molecule has 2 N–H and O–H groups in total. The largest absolute Gasteiger partial charge is 0.447 e. The zero-order valence-corrected chi connectivity index (χ0v) is 6.54. The van der Waals surface area contributed by atoms with Crippen molar-refractivity contribution >= 4 is 6.09 Å². The second-order valence-corrected chi connectivity index (χ2v) is 2.71. The maximum Gasteiger partial charge on any atom is 0.407 e. The molecule has 0 radical (unpaired) electrons. The quantitative estimate of drug-likeness (QED) is 0.620. The van der Waals surface area contributed by atoms with Crippen molar-refractivity contribution in [3.63, 3.8) is 0 Å². The van der Waals surface area contributed by atoms with E-state index < -0.39 is 12.2 Å². The van der Waals surface area contributed by atoms with E-state index in [0.717, 1.165) is 6.42 Å². The molecule has 0 aliphatic carbocycles. The third kappa shape index (κ3) is 2.08. The topological polar surface area (TPSA) is 58.6 Å². The van der Waals surface area contributed by atoms with Crippen LogP contribution in [-0.2, 0) is 4.74 Å². The average Bonchev–Trinajstić information content (AvgIpc) is 2.36. The van der Waals surface area contributed by atoms with Gasteiger partial charge < -0.3 is 15.2 Å². The van der Waals surface area contributed by atoms with E-state index in [1.807, 2.05) is 6.92 Å². The third-order valence-corrected chi connectivity index (χ3v) is 1.75. The number of alkyl carbamates (subject to hydrolysis) is 1. The highest BCUT2D eigenvalue weighted by Crippen LogP contribution is 2.07. The van der Waals surface area contributed by atoms with Gasteiger partial charge in [0.05, 0.1) is 12.1 Å². The lowest BCUT2D eigenvalue weighted by molar-refractivity contribution is 0.116. The fourth-order valence-electron chi connectivity index (χ4n) is 1.10. The Bertz CT molecular complexity index is 149. The van der Waals surface area contributed by atoms with Crippen molar-refractivity contribution in [2.24, 2.45) is 0 Å². The van der Waals surface area contributed by atoms with Crippen LogP contribution in [0.4, 0.5) is 4.79 Å². The monoisotopic (exact) mass is 159 g/mol. The van der Waals surface area contributed by atoms with E-state index in [0.29, 0.717) is 13.0 Å². The van der Waals surface area contributed by atoms with Crippen LogP contribution >= 0.6 is 0 Å². The molecule has 0 aromatic carbocycles. The zero-order valence-electron chi connectivity index (χ0n) is 6.54. The van der Waals surface area contributed by atoms with Crippen LogP contribution in [0.25, 0.3) is 0 Å². The highest BCUT2D eigenvalue weighted by molar-refractivity contribution is 5.69. The van der Waals surface area contributed by atoms with E-state index in [2.05, 4.69) is 10.1 Å². The molecular weight excluding hydrogens is 146 g/mol. The molecule has 0 saturated carbocycles. The minimum absolute atomic E-state index is 0.206. The van der Waals surface area contributed by atoms with Crippen LogP contribution in [0.2, 0.25) is 0 Å². The first-order valence-corrected chi connectivity index (χ1v) is 3.85. The number of hydrogen-bond donors (Lipinski definition) is 2. The van der Waals surface area contributed by atoms with Crippen LogP contribution in [-0.4, -0.2) is 30.0 Å². The predicted octanol–water partition coefficient (Wildman–Crippen LogP) is 0.256. The van der Waals surface area contributed by atoms with E-state index in [1.54, 1.807) is 0 Å². The summed E-state index contributed by atoms with van der Waals surface area (Å²) in [7, 11) is 0. The van der Waals surface area contributed by atoms with E-state index in [1.165, 1.54) is 0 Å². The molecular formula is C7H13NO3. The Morgan fingerprint density at radius 1 is 1.91 bits per heavy atom. The number of aliphatic hydroxyl groups excluding tert-OH is 1. The normalized spacial score (nSPS) is 26.0. The molecule has 2 atom stereocenters. The molecule has 1 fully saturated rings. The number of rotatable bonds is 3. The molecule has 1 rings (SSSR count). The lowest BCUT2D eigenvalue weighted by Crippen LogP contribution is -2.37. The summed E-state index contributed by atoms with van der Waals surface area (Å²) in [6.45, 7) is 2.28. The Kier molecular flexibility index (Phi) is 2.70. The lowest BCUT2D eigenvalue weighted by atomic mass is 10.1. The molecule has 1 heterocycles. The molecule has 64 valence electrons. The van der Waals surface area contributed by atoms with Crippen molar-refractivity contribution in [2.75, 3.05) is 6.61 Å². The van der Waals surface area contributed by atoms with Crippen molar-refractivity contribution in [3.8, 4) is 0 Å². The SMILES string of the molecule is CCC[C@@H](O)[C@H]1COC(=O)N1. The van der Waals surface area contributed by atoms with Gasteiger partial charge in [-0.1, -0.05) is 13.3 Å². The van der Waals surface area contributed by atoms with Gasteiger partial charge in [-0.25, -0.2) is 4.79 Å². The molecule has 1 aliphatic rings. The second kappa shape index (κ2) is 3.57. The summed E-state index contributed by atoms with van der Waals surface area (Å²) in [6, 6.07) is -0.206. The Morgan fingerprint density at radius 2 is 2.64 bits per heavy atom. The number of carbonyl (C=O) groups excluding carboxylic acids is 1. The summed E-state index contributed by atoms with van der Waals surface area (Å²) < 4.78 is 4.62. The number of cyclic esters (lactones) is 1. The molecule has 0 unspecified atom stereocenters. The maximum atomic E-state index is 10.5. The van der Waals surface area contributed by atoms with Gasteiger partial charge in [-0.2, -0.15) is 0 Å². The van der Waals surface area contributed by atoms with Gasteiger partial charge in [-0.15, -0.1) is 0 Å². The smallest absolute Gasteiger partial charge is 0.407 e. The average molecular weight is 159 g/mol. The van der Waals surface area contributed by atoms with Crippen LogP contribution in [0.15, 0.2) is 0 Å². The van der Waals surface area contributed by atoms with Gasteiger partial charge in [0.15, 0.2) is 0 Å². The Hall–Kier alpha value is -0.770. The van der Waals surface area contributed by atoms with Crippen LogP contribution in [0, 0.1) is 0 Å². The Balaban J connectivity index is 2.30. The first kappa shape index (κ1) is 8.33. The summed E-state index contributed by atoms with van der Waals surface area (Å²) in [5.41, 5.74) is 0. The number of amides is 1. The first-order valence-electron chi connectivity index (χ1n) is 3.85. The minimum Gasteiger partial charge on any atom is -0.447 e. The fourth-order valence-corrected chi connectivity index (χ4v) is 1.10. The van der Waals surface area contributed by atoms with Gasteiger partial charge in [0, 0.05) is 0 Å². The van der Waals surface area contributed by atoms with Crippen molar-refractivity contribution in [1.82, 2.24) is 5.32 Å². The second-order valence-electron chi connectivity index (χ2n) is 2.71. The van der Waals surface area contributed by atoms with Crippen LogP contribution < -0.4 is 5.32 Å². The van der Waals surface area contributed by atoms with Crippen LogP contribution in [0.1, 0.15) is 19.8 Å². The molecule has 0 aromatic rings. The minimum atomic E-state index is -0.466. The first-order chi connectivity index (χ1) is 5.24. The van der Waals surface area contributed by atoms with Crippen molar-refractivity contribution in [1.29, 1.82) is 0 Å². The number of ether oxygens (including phenoxy) is 1. The van der Waals surface area contributed by atoms with Crippen LogP contribution in [0.5, 0.6) is 0 Å². The van der Waals surface area contributed by atoms with E-state index in [-0.39, 0.29) is 6.04 Å². The van der Waals surface area contributed by atoms with Crippen LogP contribution in [0.3, 0.4) is 0 Å². The molecule has 0 bridgehead atoms. The van der Waals surface area contributed by atoms with E-state index in [4.69, 9.17) is 0 Å². The summed E-state index contributed by atoms with van der Waals surface area (Å²) in [5.74, 6) is 0. The summed E-state index contributed by atoms with van der Waals surface area (Å²) in [4.78, 5) is 10.5. The summed E-state index contributed by atoms with van der Waals surface area (Å²) in [6.07, 6.45) is 0.721. The molecule has 0 aromatic heterocycles. The van der Waals surface area contributed by atoms with Gasteiger partial charge in [0.25, 0.3) is 0 Å². The predicted molar refractivity (Wildman–Crippen MR) is 39.2 cm³/mol. The molecule has 1 aliphatic heterocycles. The third-order valence-electron chi connectivity index (χ3n) is 1.75. The molecule has 4 heteroatoms. The number of hydrogen-bond acceptors (Lipinski definition) is 3. The Morgan fingerprint density at radius 3 is 3.09 bits per heavy atom. The van der Waals surface area contributed by atoms with Gasteiger partial charge in [0.2, 0.25) is 0 Å². The van der Waals surface area contributed by atoms with Crippen molar-refractivity contribution in [2.45, 2.75) is 31.9 Å². The van der Waals surface area contributed by atoms with Gasteiger partial charge in [-0.3, -0.25) is 0 Å². The fraction of sp³-hybridized carbons (Fsp3) is 0.857. The molecule has 1 amide bonds. The summed E-state index contributed by atoms with van der Waals surface area (Å²) in [5, 5.41) is 11.9. The number of aliphatic hydroxyl groups is 1. The summed E-state index contributed by atoms with van der Waals surface area (Å²) >= 11 is 0. The molecule has 4 nitrogen and oxygen atoms in total. The number of carbonyl (C=O) groups is 1. The van der Waals surface area contributed by atoms with Gasteiger partial charge in [-0.05, 0) is 6.42 Å². The standard InChI is InChI=1S/C7H13NO3/c1-2-3-6(9)5-4-11-7(10)8-5/h5-6,9H,2-4H2,1H3,(H,8,10)/t5-,6-/m1/s1. The Labute approximate surface area is 65.5 Å². The van der Waals surface area contributed by atoms with Crippen molar-refractivity contribution in [3.05, 3.63) is 0 Å². The van der Waals surface area contributed by atoms with E-state index >= 15 is 0 Å². The number of nitrogens with one attached hydrogen (secondary N) is 1. The van der Waals surface area contributed by atoms with E-state index in [9.17, 15) is 9.90 Å². The van der Waals surface area contributed by atoms with Crippen molar-refractivity contribution < 1.29 is 14.6 Å². The highest BCUT2D eigenvalue weighted by atomic mass is 16.6. The van der Waals surface area contributed by atoms with Gasteiger partial charge >= 0.3 is 6.09 Å². The zero-order chi connectivity index (χ0) is 8.27. The maximum absolute atomic E-state index is 10.5. The molecule has 0 spiro atoms. The lowest BCUT2D eigenvalue weighted by Gasteiger charge is -2.13. The van der Waals surface area contributed by atoms with Gasteiger partial charge in [0.1, 0.15) is 6.61 Å².